The van der Waals surface area contributed by atoms with Gasteiger partial charge in [-0.15, -0.1) is 0 Å². The number of nitrogens with one attached hydrogen (secondary N) is 3. The van der Waals surface area contributed by atoms with Gasteiger partial charge in [-0.2, -0.15) is 50.9 Å². The third kappa shape index (κ3) is 40.3. The van der Waals surface area contributed by atoms with Crippen molar-refractivity contribution in [3.05, 3.63) is 414 Å². The number of carboxylic acid groups (broad SMARTS) is 1. The average molecular weight is 2320 g/mol. The van der Waals surface area contributed by atoms with Gasteiger partial charge in [-0.1, -0.05) is 235 Å². The predicted octanol–water partition coefficient (Wildman–Crippen LogP) is 23.0. The fourth-order valence-electron chi connectivity index (χ4n) is 14.7. The van der Waals surface area contributed by atoms with E-state index in [1.165, 1.54) is 52.9 Å². The molecule has 0 saturated heterocycles. The van der Waals surface area contributed by atoms with Crippen molar-refractivity contribution in [1.82, 2.24) is 40.0 Å². The minimum Gasteiger partial charge on any atom is 2.00 e. The number of aliphatic hydroxyl groups is 2. The van der Waals surface area contributed by atoms with E-state index in [0.29, 0.717) is 174 Å². The molecule has 16 rings (SSSR count). The molecule has 2 aliphatic rings. The number of hydrogen-bond donors (Lipinski definition) is 10. The van der Waals surface area contributed by atoms with Crippen molar-refractivity contribution >= 4 is 205 Å². The van der Waals surface area contributed by atoms with Gasteiger partial charge in [0, 0.05) is 95.8 Å². The number of nitrogens with two attached hydrogens (primary N) is 4. The monoisotopic (exact) mass is 2310 g/mol. The first kappa shape index (κ1) is 125. The zero-order valence-corrected chi connectivity index (χ0v) is 95.1. The van der Waals surface area contributed by atoms with Crippen LogP contribution in [0.5, 0.6) is 0 Å². The standard InChI is InChI=1S/C30H26Cl2N4O.C25H18Cl2N4O2.C13H11Cl2NO.C12H9N3O2.C12H22NSi2.C7H4Cl2O.C4H13N3.C4H9N.BrH.2ClH.Mg.Ni/c1-19-13-28(36(35-19)25-8-4-7-24(17-25)33-2)29(37)15-21-5-3-6-22(14-21)30(34-18-20-9-10-20)26-12-11-23(31)16-27(26)32;1-15-11-23(31(30-15)20-8-4-6-18(14-20)28-2)25(33)29-19-7-3-5-16(12-19)24(32)21-10-9-17(26)13-22(21)27;14-9-4-5-11(12(15)7-9)13(17)8-2-1-3-10(16)6-8;1-8-5-11(12(16)17)15(14-8)10-4-2-3-9(6-10)7-13;1-14(2,3)13(15(4,5)6)12-10-8-7-9-11-12;8-6-2-1-5(4-10)7(9)3-6;5-1-3-7-4-2-6;5-3-4-1-2-4;;;;;/h3-8,11-14,16-17,20,30,34H,9-10,15,18H2,1H3;3-14,24,32H,1H3,(H,29,33);1-7,13,17H,16H2;2-6H,1H3,(H,16,17);7-8,10-11H,1-6H3;1-4H;7H,1-6H2;4H,1-3,5H2;3*1H;;/q;;;;-1;;;;;;;2*+2/p-3. The summed E-state index contributed by atoms with van der Waals surface area (Å²) < 4.78 is 7.16. The first-order valence-corrected chi connectivity index (χ1v) is 57.9. The molecule has 14 N–H and O–H groups in total. The molecule has 146 heavy (non-hydrogen) atoms. The normalized spacial score (nSPS) is 12.1. The predicted molar refractivity (Wildman–Crippen MR) is 595 cm³/mol. The first-order chi connectivity index (χ1) is 68.7. The first-order valence-electron chi connectivity index (χ1n) is 45.2. The Morgan fingerprint density at radius 1 is 0.555 bits per heavy atom. The number of rotatable bonds is 27. The second-order valence-electron chi connectivity index (χ2n) is 34.9. The number of amides is 1. The van der Waals surface area contributed by atoms with Crippen molar-refractivity contribution < 1.29 is 64.1 Å². The van der Waals surface area contributed by atoms with E-state index >= 15 is 0 Å². The largest absolute Gasteiger partial charge is 2.00 e. The van der Waals surface area contributed by atoms with Gasteiger partial charge in [0.2, 0.25) is 0 Å². The van der Waals surface area contributed by atoms with Crippen LogP contribution in [-0.4, -0.2) is 147 Å². The number of hydrogen-bond acceptors (Lipinski definition) is 17. The number of aldehydes is 1. The van der Waals surface area contributed by atoms with E-state index in [1.54, 1.807) is 201 Å². The van der Waals surface area contributed by atoms with Gasteiger partial charge < -0.3 is 75.4 Å². The van der Waals surface area contributed by atoms with Crippen molar-refractivity contribution in [1.29, 1.82) is 5.26 Å². The number of carbonyl (C=O) groups excluding carboxylic acids is 3. The third-order valence-corrected chi connectivity index (χ3v) is 30.8. The molecule has 14 aromatic rings. The number of benzene rings is 11. The van der Waals surface area contributed by atoms with Gasteiger partial charge in [-0.25, -0.2) is 28.5 Å². The molecular weight excluding hydrogens is 2210 g/mol. The van der Waals surface area contributed by atoms with Crippen LogP contribution in [-0.2, 0) is 19.1 Å². The number of aromatic nitrogens is 6. The molecule has 24 nitrogen and oxygen atoms in total. The van der Waals surface area contributed by atoms with E-state index in [0.717, 1.165) is 54.5 Å². The quantitative estimate of drug-likeness (QED) is 0.00571. The van der Waals surface area contributed by atoms with Crippen LogP contribution in [0.2, 0.25) is 79.5 Å². The maximum absolute atomic E-state index is 13.5. The van der Waals surface area contributed by atoms with E-state index in [2.05, 4.69) is 121 Å². The molecule has 0 radical (unpaired) electrons. The Kier molecular flexibility index (Phi) is 53.5. The molecular formula is C107H112BrCl10MgN17NiO7Si2. The van der Waals surface area contributed by atoms with Crippen molar-refractivity contribution in [3.8, 4) is 23.1 Å². The molecule has 2 aliphatic carbocycles. The summed E-state index contributed by atoms with van der Waals surface area (Å²) in [6.07, 6.45) is 4.39. The summed E-state index contributed by atoms with van der Waals surface area (Å²) in [4.78, 5) is 54.7. The molecule has 3 unspecified atom stereocenters. The number of aromatic carboxylic acids is 1. The minimum atomic E-state index is -1.29. The molecule has 3 aromatic heterocycles. The van der Waals surface area contributed by atoms with Crippen molar-refractivity contribution in [2.45, 2.75) is 110 Å². The molecule has 39 heteroatoms. The molecule has 1 amide bonds. The van der Waals surface area contributed by atoms with Gasteiger partial charge in [-0.3, -0.25) is 14.4 Å². The van der Waals surface area contributed by atoms with Crippen LogP contribution in [0.15, 0.2) is 261 Å². The Morgan fingerprint density at radius 2 is 1.00 bits per heavy atom. The number of ketones is 1. The zero-order chi connectivity index (χ0) is 105. The van der Waals surface area contributed by atoms with Crippen molar-refractivity contribution in [3.63, 3.8) is 0 Å². The summed E-state index contributed by atoms with van der Waals surface area (Å²) in [5.41, 5.74) is 35.7. The second-order valence-corrected chi connectivity index (χ2v) is 50.0. The van der Waals surface area contributed by atoms with E-state index in [-0.39, 0.29) is 69.9 Å². The van der Waals surface area contributed by atoms with E-state index in [4.69, 9.17) is 160 Å². The van der Waals surface area contributed by atoms with Crippen molar-refractivity contribution in [2.24, 2.45) is 29.0 Å². The van der Waals surface area contributed by atoms with E-state index < -0.39 is 34.6 Å². The molecule has 2 saturated carbocycles. The van der Waals surface area contributed by atoms with Gasteiger partial charge >= 0.3 is 62.1 Å². The summed E-state index contributed by atoms with van der Waals surface area (Å²) in [5.74, 6) is 0.143. The van der Waals surface area contributed by atoms with Gasteiger partial charge in [0.05, 0.1) is 70.0 Å². The summed E-state index contributed by atoms with van der Waals surface area (Å²) >= 11 is 48.5. The zero-order valence-electron chi connectivity index (χ0n) is 81.5. The van der Waals surface area contributed by atoms with Crippen LogP contribution < -0.4 is 60.1 Å². The molecule has 11 aromatic carbocycles. The Balaban J connectivity index is 0.000000271. The van der Waals surface area contributed by atoms with Crippen LogP contribution >= 0.6 is 113 Å². The maximum Gasteiger partial charge on any atom is 2.00 e. The van der Waals surface area contributed by atoms with Gasteiger partial charge in [0.15, 0.2) is 29.1 Å². The molecule has 0 bridgehead atoms. The van der Waals surface area contributed by atoms with E-state index in [9.17, 15) is 29.4 Å². The number of anilines is 3. The molecule has 3 atom stereocenters. The van der Waals surface area contributed by atoms with Gasteiger partial charge in [0.25, 0.3) is 5.91 Å². The van der Waals surface area contributed by atoms with Crippen LogP contribution in [0.3, 0.4) is 0 Å². The fraction of sp³-hybridized carbons (Fsp3) is 0.234. The molecule has 3 heterocycles. The number of Topliss-reactive ketones (excluding diaryl/α,β-unsaturated/α-hetero) is 1. The van der Waals surface area contributed by atoms with Crippen molar-refractivity contribution in [2.75, 3.05) is 54.6 Å². The molecule has 764 valence electrons. The molecule has 0 spiro atoms. The van der Waals surface area contributed by atoms with Gasteiger partial charge in [0.1, 0.15) is 40.1 Å². The Hall–Kier alpha value is -9.81. The molecule has 0 aliphatic heterocycles. The number of nitrogen functional groups attached to an aromatic ring is 1. The number of halogens is 11. The average Bonchev–Trinajstić information content (AvgIpc) is 1.71. The second kappa shape index (κ2) is 62.6. The third-order valence-electron chi connectivity index (χ3n) is 21.3. The molecule has 2 fully saturated rings. The number of aliphatic hydroxyl groups excluding tert-OH is 2. The van der Waals surface area contributed by atoms with Gasteiger partial charge in [-0.05, 0) is 239 Å². The van der Waals surface area contributed by atoms with Crippen LogP contribution in [0.1, 0.15) is 147 Å². The number of nitriles is 1. The summed E-state index contributed by atoms with van der Waals surface area (Å²) in [7, 11) is 6.83. The number of nitrogens with zero attached hydrogens (tertiary/aromatic N) is 10. The topological polar surface area (TPSA) is 358 Å². The Morgan fingerprint density at radius 3 is 1.45 bits per heavy atom. The smallest absolute Gasteiger partial charge is 2.00 e. The summed E-state index contributed by atoms with van der Waals surface area (Å²) in [5, 5.41) is 65.4. The van der Waals surface area contributed by atoms with Crippen LogP contribution in [0.25, 0.3) is 26.8 Å². The Labute approximate surface area is 936 Å². The van der Waals surface area contributed by atoms with E-state index in [1.807, 2.05) is 49.4 Å². The number of aryl methyl sites for hydroxylation is 3. The summed E-state index contributed by atoms with van der Waals surface area (Å²) in [6.45, 7) is 39.3. The number of carbonyl (C=O) groups is 4. The maximum atomic E-state index is 13.5. The van der Waals surface area contributed by atoms with Crippen LogP contribution in [0, 0.1) is 63.1 Å². The summed E-state index contributed by atoms with van der Waals surface area (Å²) in [6, 6.07) is 81.4. The fourth-order valence-corrected chi connectivity index (χ4v) is 26.6. The SMILES string of the molecule is C[Si](C)(C)N(c1c[c-]ccc1)[Si](C)(C)C.Cc1cc(C(=O)O)n(-c2cccc(C#N)c2)n1.NCC1CC1.NCCNCCN.Nc1cccc(C(O)c2ccc(Cl)cc2Cl)c1.O=Cc1ccc(Cl)cc1Cl.[Br-].[C-]#[N+]c1cccc(-n2nc(C)cc2C(=O)Cc2cccc(C(NCC3CC3)c3ccc(Cl)cc3Cl)c2)c1.[C-]#[N+]c1cccc(-n2nc(C)cc2C(=O)Nc2cccc(C(O)c3ccc(Cl)cc3Cl)c2)c1.[Cl][Ni][Cl].[Mg+2]. The minimum absolute atomic E-state index is 0. The number of carboxylic acids is 1. The Bertz CT molecular complexity index is 6760. The van der Waals surface area contributed by atoms with Crippen LogP contribution in [0.4, 0.5) is 28.4 Å².